The summed E-state index contributed by atoms with van der Waals surface area (Å²) >= 11 is 7.25. The molecule has 2 heterocycles. The molecule has 0 atom stereocenters. The van der Waals surface area contributed by atoms with Gasteiger partial charge in [0.25, 0.3) is 0 Å². The van der Waals surface area contributed by atoms with E-state index in [1.165, 1.54) is 57.7 Å². The van der Waals surface area contributed by atoms with Gasteiger partial charge in [0.05, 0.1) is 3.79 Å². The molecule has 0 saturated carbocycles. The van der Waals surface area contributed by atoms with Gasteiger partial charge in [0, 0.05) is 20.9 Å². The maximum atomic E-state index is 6.10. The third kappa shape index (κ3) is 1.69. The summed E-state index contributed by atoms with van der Waals surface area (Å²) in [6, 6.07) is 13.7. The van der Waals surface area contributed by atoms with E-state index in [0.717, 1.165) is 17.6 Å². The highest BCUT2D eigenvalue weighted by Gasteiger charge is 2.27. The molecular formula is C20H10BBrS2. The molecule has 0 spiro atoms. The van der Waals surface area contributed by atoms with Crippen molar-refractivity contribution in [3.05, 3.63) is 62.4 Å². The quantitative estimate of drug-likeness (QED) is 0.286. The summed E-state index contributed by atoms with van der Waals surface area (Å²) in [6.45, 7) is 0. The Morgan fingerprint density at radius 1 is 0.750 bits per heavy atom. The largest absolute Gasteiger partial charge is 0.152 e. The Balaban J connectivity index is 1.78. The minimum absolute atomic E-state index is 0.918. The van der Waals surface area contributed by atoms with E-state index in [9.17, 15) is 0 Å². The van der Waals surface area contributed by atoms with E-state index in [0.29, 0.717) is 0 Å². The number of halogens is 1. The van der Waals surface area contributed by atoms with Crippen molar-refractivity contribution >= 4 is 62.0 Å². The highest BCUT2D eigenvalue weighted by Crippen LogP contribution is 2.50. The minimum Gasteiger partial charge on any atom is -0.152 e. The van der Waals surface area contributed by atoms with Crippen LogP contribution in [-0.2, 0) is 12.8 Å². The van der Waals surface area contributed by atoms with Gasteiger partial charge in [-0.05, 0) is 72.6 Å². The van der Waals surface area contributed by atoms with E-state index in [-0.39, 0.29) is 0 Å². The van der Waals surface area contributed by atoms with E-state index in [1.54, 1.807) is 11.3 Å². The van der Waals surface area contributed by atoms with Crippen molar-refractivity contribution in [2.45, 2.75) is 12.8 Å². The molecule has 0 N–H and O–H groups in total. The molecule has 0 bridgehead atoms. The monoisotopic (exact) mass is 404 g/mol. The van der Waals surface area contributed by atoms with Crippen LogP contribution < -0.4 is 4.78 Å². The third-order valence-corrected chi connectivity index (χ3v) is 7.94. The van der Waals surface area contributed by atoms with Crippen LogP contribution in [0.5, 0.6) is 0 Å². The van der Waals surface area contributed by atoms with Crippen molar-refractivity contribution in [1.82, 2.24) is 0 Å². The molecule has 0 saturated heterocycles. The Kier molecular flexibility index (Phi) is 2.68. The predicted octanol–water partition coefficient (Wildman–Crippen LogP) is 5.66. The lowest BCUT2D eigenvalue weighted by Gasteiger charge is -2.24. The highest BCUT2D eigenvalue weighted by atomic mass is 79.9. The Bertz CT molecular complexity index is 1090. The molecular weight excluding hydrogens is 395 g/mol. The van der Waals surface area contributed by atoms with Crippen LogP contribution in [0.25, 0.3) is 31.7 Å². The molecule has 0 amide bonds. The van der Waals surface area contributed by atoms with Crippen LogP contribution in [0.1, 0.15) is 22.3 Å². The average molecular weight is 405 g/mol. The van der Waals surface area contributed by atoms with Crippen molar-refractivity contribution in [1.29, 1.82) is 0 Å². The molecule has 4 aromatic rings. The first kappa shape index (κ1) is 13.9. The van der Waals surface area contributed by atoms with E-state index in [4.69, 9.17) is 7.85 Å². The lowest BCUT2D eigenvalue weighted by molar-refractivity contribution is 1.19. The van der Waals surface area contributed by atoms with E-state index in [2.05, 4.69) is 52.3 Å². The molecule has 0 nitrogen and oxygen atoms in total. The Hall–Kier alpha value is -1.36. The molecule has 0 fully saturated rings. The molecule has 0 aliphatic heterocycles. The number of hydrogen-bond acceptors (Lipinski definition) is 2. The molecule has 2 aliphatic carbocycles. The molecule has 4 heteroatoms. The topological polar surface area (TPSA) is 0 Å². The SMILES string of the molecule is [B]c1cc2c(s1)-c1ccc3c4c(ccc(c14)C2)-c1sc(Br)cc1C3. The molecule has 112 valence electrons. The van der Waals surface area contributed by atoms with Crippen LogP contribution in [0.4, 0.5) is 0 Å². The number of fused-ring (bicyclic) bond motifs is 4. The predicted molar refractivity (Wildman–Crippen MR) is 109 cm³/mol. The fourth-order valence-electron chi connectivity index (χ4n) is 4.28. The maximum absolute atomic E-state index is 6.10. The van der Waals surface area contributed by atoms with Crippen molar-refractivity contribution < 1.29 is 0 Å². The standard InChI is InChI=1S/C20H10BBrS2/c21-15-7-11-5-9-2-4-14-18-10(6-12-8-16(22)24-20(12)14)1-3-13(17(9)18)19(11)23-15/h1-4,7-8H,5-6H2. The highest BCUT2D eigenvalue weighted by molar-refractivity contribution is 9.11. The normalized spacial score (nSPS) is 13.9. The van der Waals surface area contributed by atoms with Crippen LogP contribution in [0, 0.1) is 0 Å². The van der Waals surface area contributed by atoms with Gasteiger partial charge in [-0.25, -0.2) is 0 Å². The molecule has 2 radical (unpaired) electrons. The van der Waals surface area contributed by atoms with Gasteiger partial charge in [0.1, 0.15) is 7.85 Å². The van der Waals surface area contributed by atoms with Gasteiger partial charge in [0.15, 0.2) is 0 Å². The fraction of sp³-hybridized carbons (Fsp3) is 0.100. The Labute approximate surface area is 157 Å². The molecule has 2 aromatic heterocycles. The van der Waals surface area contributed by atoms with Crippen molar-refractivity contribution in [3.63, 3.8) is 0 Å². The summed E-state index contributed by atoms with van der Waals surface area (Å²) in [5, 5.41) is 2.92. The molecule has 6 rings (SSSR count). The van der Waals surface area contributed by atoms with Gasteiger partial charge in [-0.1, -0.05) is 30.3 Å². The lowest BCUT2D eigenvalue weighted by Crippen LogP contribution is -2.04. The molecule has 0 unspecified atom stereocenters. The molecule has 24 heavy (non-hydrogen) atoms. The summed E-state index contributed by atoms with van der Waals surface area (Å²) < 4.78 is 2.14. The van der Waals surface area contributed by atoms with Gasteiger partial charge in [-0.15, -0.1) is 11.3 Å². The van der Waals surface area contributed by atoms with Crippen molar-refractivity contribution in [2.75, 3.05) is 0 Å². The number of thiophene rings is 2. The summed E-state index contributed by atoms with van der Waals surface area (Å²) in [5.41, 5.74) is 8.48. The minimum atomic E-state index is 0.918. The zero-order valence-corrected chi connectivity index (χ0v) is 15.9. The number of hydrogen-bond donors (Lipinski definition) is 0. The zero-order valence-electron chi connectivity index (χ0n) is 12.7. The summed E-state index contributed by atoms with van der Waals surface area (Å²) in [6.07, 6.45) is 2.03. The first-order chi connectivity index (χ1) is 11.7. The summed E-state index contributed by atoms with van der Waals surface area (Å²) in [7, 11) is 6.10. The summed E-state index contributed by atoms with van der Waals surface area (Å²) in [4.78, 5) is 2.79. The van der Waals surface area contributed by atoms with Gasteiger partial charge in [-0.3, -0.25) is 0 Å². The Morgan fingerprint density at radius 3 is 2.00 bits per heavy atom. The first-order valence-electron chi connectivity index (χ1n) is 7.93. The second-order valence-electron chi connectivity index (χ2n) is 6.56. The summed E-state index contributed by atoms with van der Waals surface area (Å²) in [5.74, 6) is 0. The maximum Gasteiger partial charge on any atom is 0.128 e. The zero-order chi connectivity index (χ0) is 16.0. The van der Waals surface area contributed by atoms with Crippen LogP contribution in [0.15, 0.2) is 40.2 Å². The van der Waals surface area contributed by atoms with Crippen molar-refractivity contribution in [2.24, 2.45) is 0 Å². The molecule has 2 aliphatic rings. The first-order valence-corrected chi connectivity index (χ1v) is 10.4. The molecule has 2 aromatic carbocycles. The number of benzene rings is 2. The van der Waals surface area contributed by atoms with Crippen molar-refractivity contribution in [3.8, 4) is 20.9 Å². The third-order valence-electron chi connectivity index (χ3n) is 5.19. The van der Waals surface area contributed by atoms with E-state index < -0.39 is 0 Å². The Morgan fingerprint density at radius 2 is 1.33 bits per heavy atom. The average Bonchev–Trinajstić information content (AvgIpc) is 3.12. The van der Waals surface area contributed by atoms with Gasteiger partial charge >= 0.3 is 0 Å². The lowest BCUT2D eigenvalue weighted by atomic mass is 9.80. The second kappa shape index (κ2) is 4.63. The van der Waals surface area contributed by atoms with Crippen LogP contribution in [0.3, 0.4) is 0 Å². The van der Waals surface area contributed by atoms with Gasteiger partial charge < -0.3 is 0 Å². The van der Waals surface area contributed by atoms with Gasteiger partial charge in [0.2, 0.25) is 0 Å². The smallest absolute Gasteiger partial charge is 0.128 e. The van der Waals surface area contributed by atoms with Crippen LogP contribution in [-0.4, -0.2) is 7.85 Å². The number of rotatable bonds is 0. The van der Waals surface area contributed by atoms with Gasteiger partial charge in [-0.2, -0.15) is 11.3 Å². The van der Waals surface area contributed by atoms with Crippen LogP contribution in [0.2, 0.25) is 0 Å². The van der Waals surface area contributed by atoms with E-state index >= 15 is 0 Å². The van der Waals surface area contributed by atoms with E-state index in [1.807, 2.05) is 11.3 Å². The second-order valence-corrected chi connectivity index (χ2v) is 10.1. The fourth-order valence-corrected chi connectivity index (χ4v) is 6.96. The van der Waals surface area contributed by atoms with Crippen LogP contribution >= 0.6 is 38.6 Å².